The molecule has 0 radical (unpaired) electrons. The third-order valence-electron chi connectivity index (χ3n) is 1.96. The number of nitrogens with zero attached hydrogens (tertiary/aromatic N) is 2. The average Bonchev–Trinajstić information content (AvgIpc) is 2.81. The molecule has 1 atom stereocenters. The van der Waals surface area contributed by atoms with Gasteiger partial charge in [-0.05, 0) is 28.7 Å². The zero-order valence-electron chi connectivity index (χ0n) is 8.48. The topological polar surface area (TPSA) is 25.2 Å². The van der Waals surface area contributed by atoms with Crippen molar-refractivity contribution in [3.63, 3.8) is 0 Å². The van der Waals surface area contributed by atoms with E-state index in [1.807, 2.05) is 35.9 Å². The second kappa shape index (κ2) is 5.63. The molecular formula is C12H10N2S2. The summed E-state index contributed by atoms with van der Waals surface area (Å²) in [6.45, 7) is 0. The van der Waals surface area contributed by atoms with Crippen LogP contribution in [-0.4, -0.2) is 10.5 Å². The number of aliphatic imine (C=N–C) groups is 1. The number of benzene rings is 1. The molecule has 1 aromatic carbocycles. The Bertz CT molecular complexity index is 482. The molecule has 2 nitrogen and oxygen atoms in total. The van der Waals surface area contributed by atoms with Crippen molar-refractivity contribution in [1.82, 2.24) is 4.98 Å². The van der Waals surface area contributed by atoms with Crippen molar-refractivity contribution in [3.05, 3.63) is 54.2 Å². The summed E-state index contributed by atoms with van der Waals surface area (Å²) in [5, 5.41) is 3.10. The van der Waals surface area contributed by atoms with Crippen LogP contribution < -0.4 is 0 Å². The second-order valence-corrected chi connectivity index (χ2v) is 5.36. The van der Waals surface area contributed by atoms with Gasteiger partial charge < -0.3 is 0 Å². The van der Waals surface area contributed by atoms with Crippen molar-refractivity contribution in [3.8, 4) is 0 Å². The molecule has 2 aromatic rings. The summed E-state index contributed by atoms with van der Waals surface area (Å²) < 4.78 is 0. The third-order valence-corrected chi connectivity index (χ3v) is 3.27. The van der Waals surface area contributed by atoms with Gasteiger partial charge in [-0.25, -0.2) is 0 Å². The van der Waals surface area contributed by atoms with E-state index in [9.17, 15) is 0 Å². The molecule has 1 aromatic heterocycles. The molecule has 80 valence electrons. The number of rotatable bonds is 0. The first-order chi connectivity index (χ1) is 7.86. The molecule has 0 bridgehead atoms. The van der Waals surface area contributed by atoms with Gasteiger partial charge in [0.25, 0.3) is 0 Å². The lowest BCUT2D eigenvalue weighted by Crippen LogP contribution is -1.73. The summed E-state index contributed by atoms with van der Waals surface area (Å²) in [4.78, 5) is 7.95. The monoisotopic (exact) mass is 246 g/mol. The van der Waals surface area contributed by atoms with Crippen LogP contribution in [0.5, 0.6) is 0 Å². The van der Waals surface area contributed by atoms with E-state index in [1.54, 1.807) is 11.7 Å². The van der Waals surface area contributed by atoms with E-state index in [0.29, 0.717) is 0 Å². The SMILES string of the molecule is S=S1C=CN=C1.c1ccc2ncccc2c1. The van der Waals surface area contributed by atoms with Gasteiger partial charge >= 0.3 is 0 Å². The van der Waals surface area contributed by atoms with Crippen molar-refractivity contribution in [1.29, 1.82) is 0 Å². The van der Waals surface area contributed by atoms with Gasteiger partial charge in [-0.15, -0.1) is 0 Å². The van der Waals surface area contributed by atoms with Crippen molar-refractivity contribution in [2.75, 3.05) is 0 Å². The Balaban J connectivity index is 0.000000138. The molecule has 3 rings (SSSR count). The van der Waals surface area contributed by atoms with Gasteiger partial charge in [0.1, 0.15) is 0 Å². The highest BCUT2D eigenvalue weighted by Crippen LogP contribution is 2.07. The second-order valence-electron chi connectivity index (χ2n) is 3.06. The van der Waals surface area contributed by atoms with E-state index < -0.39 is 0 Å². The fourth-order valence-corrected chi connectivity index (χ4v) is 1.99. The summed E-state index contributed by atoms with van der Waals surface area (Å²) in [5.74, 6) is 0. The van der Waals surface area contributed by atoms with E-state index in [-0.39, 0.29) is 9.45 Å². The van der Waals surface area contributed by atoms with Crippen LogP contribution >= 0.6 is 0 Å². The molecule has 2 heterocycles. The van der Waals surface area contributed by atoms with Crippen LogP contribution in [0.15, 0.2) is 59.2 Å². The third kappa shape index (κ3) is 3.05. The first-order valence-electron chi connectivity index (χ1n) is 4.75. The van der Waals surface area contributed by atoms with Gasteiger partial charge in [0, 0.05) is 17.8 Å². The molecule has 1 aliphatic rings. The Morgan fingerprint density at radius 3 is 2.50 bits per heavy atom. The van der Waals surface area contributed by atoms with Crippen LogP contribution in [0.25, 0.3) is 10.9 Å². The minimum absolute atomic E-state index is 0.0617. The van der Waals surface area contributed by atoms with E-state index in [0.717, 1.165) is 5.52 Å². The lowest BCUT2D eigenvalue weighted by molar-refractivity contribution is 1.41. The minimum atomic E-state index is -0.0617. The lowest BCUT2D eigenvalue weighted by atomic mass is 10.2. The number of hydrogen-bond acceptors (Lipinski definition) is 3. The van der Waals surface area contributed by atoms with Crippen molar-refractivity contribution in [2.24, 2.45) is 4.99 Å². The van der Waals surface area contributed by atoms with Crippen LogP contribution in [0.4, 0.5) is 0 Å². The predicted molar refractivity (Wildman–Crippen MR) is 74.1 cm³/mol. The van der Waals surface area contributed by atoms with E-state index in [4.69, 9.17) is 11.2 Å². The van der Waals surface area contributed by atoms with Gasteiger partial charge in [-0.2, -0.15) is 0 Å². The Labute approximate surface area is 101 Å². The Morgan fingerprint density at radius 1 is 1.06 bits per heavy atom. The quantitative estimate of drug-likeness (QED) is 0.714. The summed E-state index contributed by atoms with van der Waals surface area (Å²) in [6, 6.07) is 12.1. The van der Waals surface area contributed by atoms with Crippen molar-refractivity contribution >= 4 is 37.1 Å². The average molecular weight is 246 g/mol. The molecule has 0 saturated heterocycles. The van der Waals surface area contributed by atoms with Crippen LogP contribution in [0.2, 0.25) is 0 Å². The van der Waals surface area contributed by atoms with Gasteiger partial charge in [0.15, 0.2) is 0 Å². The fourth-order valence-electron chi connectivity index (χ4n) is 1.24. The zero-order valence-corrected chi connectivity index (χ0v) is 10.1. The van der Waals surface area contributed by atoms with Crippen LogP contribution in [0, 0.1) is 0 Å². The molecular weight excluding hydrogens is 236 g/mol. The molecule has 0 spiro atoms. The van der Waals surface area contributed by atoms with Crippen molar-refractivity contribution in [2.45, 2.75) is 0 Å². The van der Waals surface area contributed by atoms with Gasteiger partial charge in [0.05, 0.1) is 11.1 Å². The van der Waals surface area contributed by atoms with Crippen LogP contribution in [-0.2, 0) is 20.6 Å². The predicted octanol–water partition coefficient (Wildman–Crippen LogP) is 2.81. The maximum atomic E-state index is 4.79. The molecule has 0 aliphatic carbocycles. The highest BCUT2D eigenvalue weighted by molar-refractivity contribution is 8.38. The van der Waals surface area contributed by atoms with Crippen molar-refractivity contribution < 1.29 is 0 Å². The van der Waals surface area contributed by atoms with Gasteiger partial charge in [-0.3, -0.25) is 9.98 Å². The zero-order chi connectivity index (χ0) is 11.2. The van der Waals surface area contributed by atoms with Gasteiger partial charge in [0.2, 0.25) is 0 Å². The summed E-state index contributed by atoms with van der Waals surface area (Å²) in [6.07, 6.45) is 3.54. The Hall–Kier alpha value is -1.39. The maximum Gasteiger partial charge on any atom is 0.0701 e. The minimum Gasteiger partial charge on any atom is -0.257 e. The molecule has 0 amide bonds. The molecule has 0 fully saturated rings. The van der Waals surface area contributed by atoms with Crippen LogP contribution in [0.3, 0.4) is 0 Å². The first kappa shape index (κ1) is 11.1. The largest absolute Gasteiger partial charge is 0.257 e. The standard InChI is InChI=1S/C9H7N.C3H3NS2/c1-2-6-9-8(4-1)5-3-7-10-9;5-6-2-1-4-3-6/h1-7H;1-3H. The van der Waals surface area contributed by atoms with Crippen LogP contribution in [0.1, 0.15) is 0 Å². The molecule has 1 unspecified atom stereocenters. The number of para-hydroxylation sites is 1. The molecule has 0 N–H and O–H groups in total. The summed E-state index contributed by atoms with van der Waals surface area (Å²) >= 11 is 4.79. The normalized spacial score (nSPS) is 17.1. The highest BCUT2D eigenvalue weighted by atomic mass is 32.8. The fraction of sp³-hybridized carbons (Fsp3) is 0. The highest BCUT2D eigenvalue weighted by Gasteiger charge is 1.86. The smallest absolute Gasteiger partial charge is 0.0701 e. The number of hydrogen-bond donors (Lipinski definition) is 0. The Kier molecular flexibility index (Phi) is 3.91. The van der Waals surface area contributed by atoms with E-state index >= 15 is 0 Å². The lowest BCUT2D eigenvalue weighted by Gasteiger charge is -1.91. The molecule has 4 heteroatoms. The Morgan fingerprint density at radius 2 is 1.88 bits per heavy atom. The number of fused-ring (bicyclic) bond motifs is 1. The molecule has 16 heavy (non-hydrogen) atoms. The summed E-state index contributed by atoms with van der Waals surface area (Å²) in [5.41, 5.74) is 2.82. The molecule has 1 aliphatic heterocycles. The first-order valence-corrected chi connectivity index (χ1v) is 7.03. The van der Waals surface area contributed by atoms with E-state index in [2.05, 4.69) is 22.1 Å². The number of pyridine rings is 1. The maximum absolute atomic E-state index is 4.79. The van der Waals surface area contributed by atoms with E-state index in [1.165, 1.54) is 5.39 Å². The summed E-state index contributed by atoms with van der Waals surface area (Å²) in [7, 11) is -0.0617. The van der Waals surface area contributed by atoms with Gasteiger partial charge in [-0.1, -0.05) is 33.7 Å². The number of aromatic nitrogens is 1. The molecule has 0 saturated carbocycles.